The molecule has 17 heavy (non-hydrogen) atoms. The average Bonchev–Trinajstić information content (AvgIpc) is 2.67. The number of carboxylic acids is 1. The van der Waals surface area contributed by atoms with Crippen molar-refractivity contribution in [3.63, 3.8) is 0 Å². The first-order valence-corrected chi connectivity index (χ1v) is 4.88. The van der Waals surface area contributed by atoms with Crippen molar-refractivity contribution in [1.29, 1.82) is 0 Å². The van der Waals surface area contributed by atoms with Crippen LogP contribution in [0.25, 0.3) is 5.65 Å². The summed E-state index contributed by atoms with van der Waals surface area (Å²) >= 11 is 0. The quantitative estimate of drug-likeness (QED) is 0.851. The molecule has 3 rings (SSSR count). The average molecular weight is 239 g/mol. The molecule has 1 fully saturated rings. The Morgan fingerprint density at radius 2 is 2.24 bits per heavy atom. The zero-order chi connectivity index (χ0) is 12.3. The molecular formula is C10H7F2N3O2. The molecule has 0 bridgehead atoms. The molecule has 0 radical (unpaired) electrons. The maximum Gasteiger partial charge on any atom is 0.320 e. The second-order valence-electron chi connectivity index (χ2n) is 4.07. The van der Waals surface area contributed by atoms with Crippen molar-refractivity contribution in [2.24, 2.45) is 0 Å². The van der Waals surface area contributed by atoms with E-state index in [0.29, 0.717) is 5.65 Å². The Hall–Kier alpha value is -2.05. The van der Waals surface area contributed by atoms with Crippen LogP contribution in [0.3, 0.4) is 0 Å². The van der Waals surface area contributed by atoms with Crippen molar-refractivity contribution in [1.82, 2.24) is 14.6 Å². The number of hydrogen-bond donors (Lipinski definition) is 1. The largest absolute Gasteiger partial charge is 0.480 e. The first-order valence-electron chi connectivity index (χ1n) is 4.88. The number of aromatic nitrogens is 3. The minimum atomic E-state index is -3.22. The topological polar surface area (TPSA) is 67.5 Å². The molecule has 0 saturated heterocycles. The van der Waals surface area contributed by atoms with E-state index in [4.69, 9.17) is 5.11 Å². The van der Waals surface area contributed by atoms with Crippen molar-refractivity contribution in [3.8, 4) is 0 Å². The van der Waals surface area contributed by atoms with E-state index in [-0.39, 0.29) is 5.56 Å². The van der Waals surface area contributed by atoms with Crippen LogP contribution in [0.15, 0.2) is 24.7 Å². The van der Waals surface area contributed by atoms with E-state index in [1.54, 1.807) is 6.07 Å². The monoisotopic (exact) mass is 239 g/mol. The summed E-state index contributed by atoms with van der Waals surface area (Å²) < 4.78 is 27.8. The molecule has 2 aromatic rings. The Bertz CT molecular complexity index is 625. The number of alkyl halides is 2. The van der Waals surface area contributed by atoms with Gasteiger partial charge in [-0.15, -0.1) is 0 Å². The van der Waals surface area contributed by atoms with Crippen LogP contribution in [-0.2, 0) is 10.2 Å². The maximum atomic E-state index is 13.3. The Morgan fingerprint density at radius 1 is 1.53 bits per heavy atom. The lowest BCUT2D eigenvalue weighted by Crippen LogP contribution is -2.27. The molecule has 1 aliphatic carbocycles. The predicted molar refractivity (Wildman–Crippen MR) is 51.9 cm³/mol. The number of aliphatic carboxylic acids is 1. The maximum absolute atomic E-state index is 13.3. The fourth-order valence-electron chi connectivity index (χ4n) is 1.99. The van der Waals surface area contributed by atoms with E-state index >= 15 is 0 Å². The number of nitrogens with zero attached hydrogens (tertiary/aromatic N) is 3. The summed E-state index contributed by atoms with van der Waals surface area (Å²) in [5, 5.41) is 12.8. The van der Waals surface area contributed by atoms with Crippen LogP contribution in [0.4, 0.5) is 8.78 Å². The van der Waals surface area contributed by atoms with E-state index in [1.165, 1.54) is 23.1 Å². The van der Waals surface area contributed by atoms with Crippen LogP contribution < -0.4 is 0 Å². The number of fused-ring (bicyclic) bond motifs is 1. The van der Waals surface area contributed by atoms with Crippen LogP contribution in [-0.4, -0.2) is 31.6 Å². The standard InChI is InChI=1S/C10H7F2N3O2/c11-10(12)5-9(10,8(16)17)6-3-13-7-1-2-14-15(7)4-6/h1-4H,5H2,(H,16,17). The highest BCUT2D eigenvalue weighted by Crippen LogP contribution is 2.61. The van der Waals surface area contributed by atoms with Gasteiger partial charge in [0, 0.05) is 30.4 Å². The number of carboxylic acid groups (broad SMARTS) is 1. The second-order valence-corrected chi connectivity index (χ2v) is 4.07. The Balaban J connectivity index is 2.17. The molecule has 1 aliphatic rings. The lowest BCUT2D eigenvalue weighted by atomic mass is 9.99. The lowest BCUT2D eigenvalue weighted by molar-refractivity contribution is -0.143. The van der Waals surface area contributed by atoms with Crippen molar-refractivity contribution in [3.05, 3.63) is 30.2 Å². The number of hydrogen-bond acceptors (Lipinski definition) is 3. The van der Waals surface area contributed by atoms with Gasteiger partial charge in [-0.05, 0) is 0 Å². The van der Waals surface area contributed by atoms with Crippen molar-refractivity contribution in [2.45, 2.75) is 17.8 Å². The van der Waals surface area contributed by atoms with E-state index in [2.05, 4.69) is 10.1 Å². The fraction of sp³-hybridized carbons (Fsp3) is 0.300. The molecule has 1 saturated carbocycles. The van der Waals surface area contributed by atoms with Crippen LogP contribution in [0.1, 0.15) is 12.0 Å². The first-order chi connectivity index (χ1) is 7.97. The van der Waals surface area contributed by atoms with E-state index < -0.39 is 23.7 Å². The van der Waals surface area contributed by atoms with Gasteiger partial charge >= 0.3 is 5.97 Å². The van der Waals surface area contributed by atoms with E-state index in [9.17, 15) is 13.6 Å². The van der Waals surface area contributed by atoms with Gasteiger partial charge in [0.25, 0.3) is 5.92 Å². The minimum Gasteiger partial charge on any atom is -0.480 e. The third kappa shape index (κ3) is 1.13. The molecule has 2 heterocycles. The number of rotatable bonds is 2. The highest BCUT2D eigenvalue weighted by molar-refractivity contribution is 5.87. The summed E-state index contributed by atoms with van der Waals surface area (Å²) in [6.45, 7) is 0. The molecule has 0 aliphatic heterocycles. The molecule has 0 spiro atoms. The van der Waals surface area contributed by atoms with Crippen LogP contribution in [0, 0.1) is 0 Å². The number of halogens is 2. The van der Waals surface area contributed by atoms with Gasteiger partial charge in [0.15, 0.2) is 11.1 Å². The van der Waals surface area contributed by atoms with Crippen molar-refractivity contribution < 1.29 is 18.7 Å². The second kappa shape index (κ2) is 2.79. The molecule has 0 aromatic carbocycles. The molecule has 0 amide bonds. The summed E-state index contributed by atoms with van der Waals surface area (Å²) in [6.07, 6.45) is 3.23. The molecule has 1 atom stereocenters. The highest BCUT2D eigenvalue weighted by atomic mass is 19.3. The summed E-state index contributed by atoms with van der Waals surface area (Å²) in [7, 11) is 0. The van der Waals surface area contributed by atoms with Gasteiger partial charge in [-0.2, -0.15) is 5.10 Å². The molecular weight excluding hydrogens is 232 g/mol. The Morgan fingerprint density at radius 3 is 2.82 bits per heavy atom. The summed E-state index contributed by atoms with van der Waals surface area (Å²) in [5.74, 6) is -4.75. The SMILES string of the molecule is O=C(O)C1(c2cnc3ccnn3c2)CC1(F)F. The van der Waals surface area contributed by atoms with E-state index in [1.807, 2.05) is 0 Å². The van der Waals surface area contributed by atoms with Gasteiger partial charge in [0.1, 0.15) is 0 Å². The van der Waals surface area contributed by atoms with Crippen LogP contribution >= 0.6 is 0 Å². The van der Waals surface area contributed by atoms with Crippen LogP contribution in [0.2, 0.25) is 0 Å². The van der Waals surface area contributed by atoms with Gasteiger partial charge in [0.2, 0.25) is 0 Å². The van der Waals surface area contributed by atoms with Crippen molar-refractivity contribution in [2.75, 3.05) is 0 Å². The molecule has 5 nitrogen and oxygen atoms in total. The molecule has 1 N–H and O–H groups in total. The summed E-state index contributed by atoms with van der Waals surface area (Å²) in [6, 6.07) is 1.60. The summed E-state index contributed by atoms with van der Waals surface area (Å²) in [4.78, 5) is 14.9. The van der Waals surface area contributed by atoms with E-state index in [0.717, 1.165) is 0 Å². The lowest BCUT2D eigenvalue weighted by Gasteiger charge is -2.11. The fourth-order valence-corrected chi connectivity index (χ4v) is 1.99. The summed E-state index contributed by atoms with van der Waals surface area (Å²) in [5.41, 5.74) is -1.68. The van der Waals surface area contributed by atoms with Gasteiger partial charge in [0.05, 0.1) is 6.20 Å². The molecule has 2 aromatic heterocycles. The normalized spacial score (nSPS) is 26.0. The smallest absolute Gasteiger partial charge is 0.320 e. The predicted octanol–water partition coefficient (Wildman–Crippen LogP) is 1.09. The molecule has 1 unspecified atom stereocenters. The Labute approximate surface area is 93.7 Å². The third-order valence-corrected chi connectivity index (χ3v) is 3.09. The van der Waals surface area contributed by atoms with Gasteiger partial charge in [-0.3, -0.25) is 4.79 Å². The highest BCUT2D eigenvalue weighted by Gasteiger charge is 2.77. The first kappa shape index (κ1) is 10.1. The Kier molecular flexibility index (Phi) is 1.66. The zero-order valence-corrected chi connectivity index (χ0v) is 8.47. The molecule has 88 valence electrons. The van der Waals surface area contributed by atoms with Gasteiger partial charge in [-0.1, -0.05) is 0 Å². The van der Waals surface area contributed by atoms with Crippen LogP contribution in [0.5, 0.6) is 0 Å². The van der Waals surface area contributed by atoms with Gasteiger partial charge < -0.3 is 5.11 Å². The third-order valence-electron chi connectivity index (χ3n) is 3.09. The minimum absolute atomic E-state index is 0.0220. The van der Waals surface area contributed by atoms with Gasteiger partial charge in [-0.25, -0.2) is 18.3 Å². The zero-order valence-electron chi connectivity index (χ0n) is 8.47. The molecule has 7 heteroatoms. The van der Waals surface area contributed by atoms with Crippen molar-refractivity contribution >= 4 is 11.6 Å². The number of carbonyl (C=O) groups is 1.